The van der Waals surface area contributed by atoms with Gasteiger partial charge in [-0.2, -0.15) is 0 Å². The molecule has 0 fully saturated rings. The summed E-state index contributed by atoms with van der Waals surface area (Å²) >= 11 is 0. The van der Waals surface area contributed by atoms with Crippen LogP contribution in [0.2, 0.25) is 0 Å². The van der Waals surface area contributed by atoms with Crippen molar-refractivity contribution in [2.75, 3.05) is 0 Å². The average molecular weight is 471 g/mol. The van der Waals surface area contributed by atoms with Crippen LogP contribution < -0.4 is 14.2 Å². The van der Waals surface area contributed by atoms with E-state index in [1.807, 2.05) is 64.1 Å². The van der Waals surface area contributed by atoms with Gasteiger partial charge in [0.05, 0.1) is 0 Å². The van der Waals surface area contributed by atoms with Crippen LogP contribution in [0.15, 0.2) is 48.5 Å². The highest BCUT2D eigenvalue weighted by molar-refractivity contribution is 5.71. The average Bonchev–Trinajstić information content (AvgIpc) is 2.84. The largest absolute Gasteiger partial charge is 0.507 e. The summed E-state index contributed by atoms with van der Waals surface area (Å²) in [6.07, 6.45) is 1.47. The van der Waals surface area contributed by atoms with Crippen molar-refractivity contribution >= 4 is 5.97 Å². The van der Waals surface area contributed by atoms with Crippen molar-refractivity contribution < 1.29 is 24.1 Å². The lowest BCUT2D eigenvalue weighted by molar-refractivity contribution is -0.132. The topological polar surface area (TPSA) is 65.0 Å². The smallest absolute Gasteiger partial charge is 0.308 e. The van der Waals surface area contributed by atoms with Crippen molar-refractivity contribution in [3.8, 4) is 34.8 Å². The Kier molecular flexibility index (Phi) is 6.75. The van der Waals surface area contributed by atoms with E-state index in [1.54, 1.807) is 12.1 Å². The molecule has 180 valence electrons. The number of hydrogen-bond acceptors (Lipinski definition) is 5. The fourth-order valence-corrected chi connectivity index (χ4v) is 4.22. The summed E-state index contributed by atoms with van der Waals surface area (Å²) in [5, 5.41) is 10.4. The fourth-order valence-electron chi connectivity index (χ4n) is 4.22. The maximum atomic E-state index is 11.7. The zero-order valence-electron chi connectivity index (χ0n) is 20.8. The molecule has 0 aliphatic carbocycles. The summed E-state index contributed by atoms with van der Waals surface area (Å²) in [7, 11) is 0. The normalized spacial score (nSPS) is 16.4. The number of phenolic OH excluding ortho intramolecular Hbond substituents is 1. The van der Waals surface area contributed by atoms with Crippen LogP contribution in [0.3, 0.4) is 0 Å². The van der Waals surface area contributed by atoms with Crippen molar-refractivity contribution in [1.82, 2.24) is 0 Å². The number of esters is 1. The highest BCUT2D eigenvalue weighted by Crippen LogP contribution is 2.43. The molecule has 4 rings (SSSR count). The van der Waals surface area contributed by atoms with Crippen LogP contribution in [0, 0.1) is 32.6 Å². The maximum Gasteiger partial charge on any atom is 0.308 e. The van der Waals surface area contributed by atoms with Gasteiger partial charge in [0.15, 0.2) is 17.1 Å². The number of rotatable bonds is 4. The highest BCUT2D eigenvalue weighted by Gasteiger charge is 2.33. The molecule has 0 spiro atoms. The number of aromatic hydroxyl groups is 1. The molecule has 1 atom stereocenters. The predicted octanol–water partition coefficient (Wildman–Crippen LogP) is 5.96. The van der Waals surface area contributed by atoms with Crippen LogP contribution in [-0.4, -0.2) is 16.7 Å². The van der Waals surface area contributed by atoms with Gasteiger partial charge >= 0.3 is 5.97 Å². The highest BCUT2D eigenvalue weighted by atomic mass is 16.6. The van der Waals surface area contributed by atoms with Gasteiger partial charge in [-0.15, -0.1) is 0 Å². The molecule has 0 radical (unpaired) electrons. The molecular weight excluding hydrogens is 440 g/mol. The minimum atomic E-state index is -0.683. The Labute approximate surface area is 206 Å². The lowest BCUT2D eigenvalue weighted by Gasteiger charge is -2.34. The molecule has 5 nitrogen and oxygen atoms in total. The van der Waals surface area contributed by atoms with E-state index in [2.05, 4.69) is 11.8 Å². The number of phenols is 1. The molecule has 0 aromatic heterocycles. The van der Waals surface area contributed by atoms with E-state index in [0.717, 1.165) is 40.0 Å². The van der Waals surface area contributed by atoms with Crippen LogP contribution in [0.25, 0.3) is 0 Å². The minimum Gasteiger partial charge on any atom is -0.507 e. The Bertz CT molecular complexity index is 1330. The molecule has 0 amide bonds. The van der Waals surface area contributed by atoms with E-state index in [4.69, 9.17) is 14.2 Å². The van der Waals surface area contributed by atoms with Crippen molar-refractivity contribution in [1.29, 1.82) is 0 Å². The predicted molar refractivity (Wildman–Crippen MR) is 135 cm³/mol. The van der Waals surface area contributed by atoms with Gasteiger partial charge in [0.1, 0.15) is 18.1 Å². The molecule has 3 aromatic rings. The number of hydrogen-bond donors (Lipinski definition) is 1. The number of benzene rings is 3. The van der Waals surface area contributed by atoms with E-state index in [0.29, 0.717) is 35.8 Å². The first-order valence-electron chi connectivity index (χ1n) is 11.7. The zero-order chi connectivity index (χ0) is 25.2. The molecule has 1 aliphatic heterocycles. The van der Waals surface area contributed by atoms with Crippen LogP contribution in [0.4, 0.5) is 0 Å². The molecule has 1 heterocycles. The summed E-state index contributed by atoms with van der Waals surface area (Å²) in [6.45, 7) is 9.49. The Morgan fingerprint density at radius 1 is 1.06 bits per heavy atom. The third-order valence-corrected chi connectivity index (χ3v) is 6.43. The summed E-state index contributed by atoms with van der Waals surface area (Å²) < 4.78 is 17.7. The molecule has 0 saturated heterocycles. The molecular formula is C30H30O5. The first kappa shape index (κ1) is 24.2. The van der Waals surface area contributed by atoms with E-state index in [9.17, 15) is 9.90 Å². The summed E-state index contributed by atoms with van der Waals surface area (Å²) in [5.74, 6) is 8.00. The Morgan fingerprint density at radius 3 is 2.51 bits per heavy atom. The van der Waals surface area contributed by atoms with E-state index in [-0.39, 0.29) is 0 Å². The first-order chi connectivity index (χ1) is 16.7. The van der Waals surface area contributed by atoms with Crippen molar-refractivity contribution in [2.45, 2.75) is 59.7 Å². The van der Waals surface area contributed by atoms with Gasteiger partial charge in [0.25, 0.3) is 0 Å². The van der Waals surface area contributed by atoms with Gasteiger partial charge in [-0.25, -0.2) is 0 Å². The third-order valence-electron chi connectivity index (χ3n) is 6.43. The lowest BCUT2D eigenvalue weighted by Crippen LogP contribution is -2.35. The molecule has 1 N–H and O–H groups in total. The Morgan fingerprint density at radius 2 is 1.80 bits per heavy atom. The number of carbonyl (C=O) groups excluding carboxylic acids is 1. The molecule has 0 saturated carbocycles. The standard InChI is InChI=1S/C30H30O5/c1-19-20(2)29-25(21(3)28(19)32)14-16-30(5,35-29)15-13-23-11-12-26(27(17-23)34-22(4)31)33-18-24-9-7-6-8-10-24/h6-12,17,32H,14,16,18H2,1-5H3. The minimum absolute atomic E-state index is 0.331. The SMILES string of the molecule is CC(=O)Oc1cc(C#CC2(C)CCc3c(C)c(O)c(C)c(C)c3O2)ccc1OCc1ccccc1. The molecule has 5 heteroatoms. The van der Waals surface area contributed by atoms with E-state index < -0.39 is 11.6 Å². The Balaban J connectivity index is 1.58. The van der Waals surface area contributed by atoms with Gasteiger partial charge in [0.2, 0.25) is 0 Å². The fraction of sp³-hybridized carbons (Fsp3) is 0.300. The van der Waals surface area contributed by atoms with Crippen molar-refractivity contribution in [3.05, 3.63) is 81.9 Å². The second-order valence-corrected chi connectivity index (χ2v) is 9.14. The van der Waals surface area contributed by atoms with E-state index >= 15 is 0 Å². The second kappa shape index (κ2) is 9.76. The zero-order valence-corrected chi connectivity index (χ0v) is 20.8. The maximum absolute atomic E-state index is 11.7. The molecule has 1 aliphatic rings. The lowest BCUT2D eigenvalue weighted by atomic mass is 9.87. The summed E-state index contributed by atoms with van der Waals surface area (Å²) in [6, 6.07) is 15.1. The van der Waals surface area contributed by atoms with E-state index in [1.165, 1.54) is 6.92 Å². The molecule has 0 bridgehead atoms. The van der Waals surface area contributed by atoms with Gasteiger partial charge in [-0.3, -0.25) is 4.79 Å². The third kappa shape index (κ3) is 5.27. The quantitative estimate of drug-likeness (QED) is 0.290. The van der Waals surface area contributed by atoms with Crippen LogP contribution in [-0.2, 0) is 17.8 Å². The van der Waals surface area contributed by atoms with Crippen LogP contribution >= 0.6 is 0 Å². The molecule has 3 aromatic carbocycles. The summed E-state index contributed by atoms with van der Waals surface area (Å²) in [4.78, 5) is 11.7. The first-order valence-corrected chi connectivity index (χ1v) is 11.7. The van der Waals surface area contributed by atoms with Gasteiger partial charge in [0, 0.05) is 30.5 Å². The van der Waals surface area contributed by atoms with Crippen molar-refractivity contribution in [3.63, 3.8) is 0 Å². The number of fused-ring (bicyclic) bond motifs is 1. The monoisotopic (exact) mass is 470 g/mol. The molecule has 1 unspecified atom stereocenters. The Hall–Kier alpha value is -3.91. The molecule has 35 heavy (non-hydrogen) atoms. The second-order valence-electron chi connectivity index (χ2n) is 9.14. The number of carbonyl (C=O) groups is 1. The van der Waals surface area contributed by atoms with Gasteiger partial charge in [-0.05, 0) is 68.5 Å². The van der Waals surface area contributed by atoms with Gasteiger partial charge < -0.3 is 19.3 Å². The van der Waals surface area contributed by atoms with Crippen LogP contribution in [0.1, 0.15) is 53.6 Å². The van der Waals surface area contributed by atoms with Crippen molar-refractivity contribution in [2.24, 2.45) is 0 Å². The number of ether oxygens (including phenoxy) is 3. The van der Waals surface area contributed by atoms with Crippen LogP contribution in [0.5, 0.6) is 23.0 Å². The van der Waals surface area contributed by atoms with Gasteiger partial charge in [-0.1, -0.05) is 42.2 Å². The summed E-state index contributed by atoms with van der Waals surface area (Å²) in [5.41, 5.74) is 4.71.